The number of benzene rings is 5. The predicted octanol–water partition coefficient (Wildman–Crippen LogP) is 8.46. The quantitative estimate of drug-likeness (QED) is 0.117. The molecule has 184 valence electrons. The molecule has 1 heterocycles. The van der Waals surface area contributed by atoms with E-state index in [-0.39, 0.29) is 5.28 Å². The molecule has 0 bridgehead atoms. The van der Waals surface area contributed by atoms with Crippen molar-refractivity contribution in [2.24, 2.45) is 0 Å². The second-order valence-corrected chi connectivity index (χ2v) is 20.6. The van der Waals surface area contributed by atoms with Gasteiger partial charge in [0, 0.05) is 0 Å². The summed E-state index contributed by atoms with van der Waals surface area (Å²) < 4.78 is 14.3. The zero-order chi connectivity index (χ0) is 25.6. The van der Waals surface area contributed by atoms with Crippen LogP contribution in [0.1, 0.15) is 6.42 Å². The monoisotopic (exact) mass is 584 g/mol. The molecule has 0 unspecified atom stereocenters. The van der Waals surface area contributed by atoms with E-state index >= 15 is 0 Å². The van der Waals surface area contributed by atoms with Gasteiger partial charge in [-0.2, -0.15) is 0 Å². The third kappa shape index (κ3) is 4.13. The fraction of sp³-hybridized carbons (Fsp3) is 0.125. The Kier molecular flexibility index (Phi) is 6.25. The molecule has 1 aliphatic rings. The van der Waals surface area contributed by atoms with Crippen LogP contribution in [0.2, 0.25) is 13.1 Å². The SMILES string of the molecule is C=CC[C@H]([Si](C)(C)c1ccccc1)P1(=[Se])Oc2ccc3ccccc3c2-c2c(ccc3ccccc23)O1. The molecule has 0 fully saturated rings. The van der Waals surface area contributed by atoms with Gasteiger partial charge in [-0.25, -0.2) is 0 Å². The van der Waals surface area contributed by atoms with Crippen LogP contribution in [0.25, 0.3) is 32.7 Å². The number of fused-ring (bicyclic) bond motifs is 7. The molecule has 37 heavy (non-hydrogen) atoms. The topological polar surface area (TPSA) is 18.5 Å². The Labute approximate surface area is 227 Å². The van der Waals surface area contributed by atoms with E-state index in [9.17, 15) is 0 Å². The summed E-state index contributed by atoms with van der Waals surface area (Å²) >= 11 is 3.52. The third-order valence-electron chi connectivity index (χ3n) is 7.61. The van der Waals surface area contributed by atoms with Gasteiger partial charge in [0.15, 0.2) is 0 Å². The van der Waals surface area contributed by atoms with Crippen LogP contribution in [-0.2, 0) is 0 Å². The van der Waals surface area contributed by atoms with E-state index in [2.05, 4.69) is 138 Å². The van der Waals surface area contributed by atoms with Crippen molar-refractivity contribution in [1.82, 2.24) is 0 Å². The molecule has 0 aromatic heterocycles. The van der Waals surface area contributed by atoms with Crippen molar-refractivity contribution in [2.75, 3.05) is 0 Å². The molecule has 0 saturated carbocycles. The molecule has 0 saturated heterocycles. The summed E-state index contributed by atoms with van der Waals surface area (Å²) in [6, 6.07) is 36.6. The van der Waals surface area contributed by atoms with Gasteiger partial charge in [-0.05, 0) is 0 Å². The van der Waals surface area contributed by atoms with Gasteiger partial charge in [-0.15, -0.1) is 0 Å². The van der Waals surface area contributed by atoms with Crippen LogP contribution in [-0.4, -0.2) is 28.5 Å². The molecular formula is C32H29O2PSeSi. The van der Waals surface area contributed by atoms with Crippen LogP contribution >= 0.6 is 5.96 Å². The molecule has 0 amide bonds. The van der Waals surface area contributed by atoms with Gasteiger partial charge < -0.3 is 0 Å². The molecule has 2 nitrogen and oxygen atoms in total. The molecule has 6 rings (SSSR count). The summed E-state index contributed by atoms with van der Waals surface area (Å²) in [6.45, 7) is 9.00. The van der Waals surface area contributed by atoms with E-state index in [0.717, 1.165) is 29.0 Å². The van der Waals surface area contributed by atoms with Crippen LogP contribution in [0.5, 0.6) is 11.5 Å². The van der Waals surface area contributed by atoms with E-state index in [1.54, 1.807) is 0 Å². The molecule has 5 aromatic rings. The van der Waals surface area contributed by atoms with Crippen molar-refractivity contribution in [3.8, 4) is 22.6 Å². The average Bonchev–Trinajstić information content (AvgIpc) is 3.06. The van der Waals surface area contributed by atoms with Gasteiger partial charge in [0.1, 0.15) is 0 Å². The number of hydrogen-bond acceptors (Lipinski definition) is 2. The molecule has 5 aromatic carbocycles. The first-order valence-corrected chi connectivity index (χ1v) is 19.6. The summed E-state index contributed by atoms with van der Waals surface area (Å²) in [5.74, 6) is -0.811. The molecule has 0 N–H and O–H groups in total. The van der Waals surface area contributed by atoms with E-state index in [0.29, 0.717) is 0 Å². The van der Waals surface area contributed by atoms with Crippen LogP contribution < -0.4 is 14.2 Å². The van der Waals surface area contributed by atoms with Gasteiger partial charge in [-0.1, -0.05) is 0 Å². The molecule has 1 atom stereocenters. The van der Waals surface area contributed by atoms with Crippen LogP contribution in [0.4, 0.5) is 0 Å². The first-order chi connectivity index (χ1) is 17.9. The second-order valence-electron chi connectivity index (χ2n) is 10.2. The summed E-state index contributed by atoms with van der Waals surface area (Å²) in [6.07, 6.45) is 2.85. The number of rotatable bonds is 5. The van der Waals surface area contributed by atoms with Crippen molar-refractivity contribution in [3.63, 3.8) is 0 Å². The van der Waals surface area contributed by atoms with Crippen molar-refractivity contribution < 1.29 is 9.05 Å². The summed E-state index contributed by atoms with van der Waals surface area (Å²) in [5.41, 5.74) is 2.22. The normalized spacial score (nSPS) is 15.1. The Hall–Kier alpha value is -2.87. The van der Waals surface area contributed by atoms with Gasteiger partial charge in [-0.3, -0.25) is 0 Å². The summed E-state index contributed by atoms with van der Waals surface area (Å²) in [5, 5.41) is 6.30. The number of allylic oxidation sites excluding steroid dienone is 1. The first kappa shape index (κ1) is 24.5. The van der Waals surface area contributed by atoms with Crippen LogP contribution in [0, 0.1) is 0 Å². The Morgan fingerprint density at radius 3 is 1.73 bits per heavy atom. The fourth-order valence-electron chi connectivity index (χ4n) is 5.63. The number of hydrogen-bond donors (Lipinski definition) is 0. The van der Waals surface area contributed by atoms with Crippen LogP contribution in [0.3, 0.4) is 0 Å². The Balaban J connectivity index is 1.65. The van der Waals surface area contributed by atoms with Gasteiger partial charge in [0.05, 0.1) is 0 Å². The molecule has 1 aliphatic heterocycles. The molecular weight excluding hydrogens is 554 g/mol. The van der Waals surface area contributed by atoms with Crippen molar-refractivity contribution in [2.45, 2.75) is 24.8 Å². The summed E-state index contributed by atoms with van der Waals surface area (Å²) in [7, 11) is -2.06. The molecule has 0 radical (unpaired) electrons. The van der Waals surface area contributed by atoms with Crippen molar-refractivity contribution >= 4 is 55.9 Å². The maximum absolute atomic E-state index is 7.13. The van der Waals surface area contributed by atoms with Crippen LogP contribution in [0.15, 0.2) is 116 Å². The first-order valence-electron chi connectivity index (χ1n) is 12.6. The Morgan fingerprint density at radius 1 is 0.730 bits per heavy atom. The van der Waals surface area contributed by atoms with E-state index in [1.807, 2.05) is 6.08 Å². The second kappa shape index (κ2) is 9.46. The van der Waals surface area contributed by atoms with Crippen molar-refractivity contribution in [3.05, 3.63) is 116 Å². The molecule has 0 aliphatic carbocycles. The van der Waals surface area contributed by atoms with E-state index < -0.39 is 14.0 Å². The zero-order valence-electron chi connectivity index (χ0n) is 21.1. The zero-order valence-corrected chi connectivity index (χ0v) is 24.7. The summed E-state index contributed by atoms with van der Waals surface area (Å²) in [4.78, 5) is 0. The average molecular weight is 584 g/mol. The predicted molar refractivity (Wildman–Crippen MR) is 163 cm³/mol. The Morgan fingerprint density at radius 2 is 1.22 bits per heavy atom. The van der Waals surface area contributed by atoms with Gasteiger partial charge in [0.2, 0.25) is 0 Å². The van der Waals surface area contributed by atoms with Crippen molar-refractivity contribution in [1.29, 1.82) is 0 Å². The van der Waals surface area contributed by atoms with Gasteiger partial charge >= 0.3 is 228 Å². The standard InChI is InChI=1S/C32H29O2PSeSi/c1-4-12-30(37(2,3)25-15-6-5-7-16-25)35(36)33-28-21-19-23-13-8-10-17-26(23)31(28)32-27-18-11-9-14-24(27)20-22-29(32)34-35/h4-11,13-22,30H,1,12H2,2-3H3/t30-/m0/s1. The fourth-order valence-corrected chi connectivity index (χ4v) is 19.8. The third-order valence-corrected chi connectivity index (χ3v) is 20.0. The Bertz CT molecular complexity index is 1600. The minimum atomic E-state index is -2.58. The molecule has 5 heteroatoms. The van der Waals surface area contributed by atoms with E-state index in [4.69, 9.17) is 9.05 Å². The van der Waals surface area contributed by atoms with Gasteiger partial charge in [0.25, 0.3) is 0 Å². The minimum absolute atomic E-state index is 0.177. The van der Waals surface area contributed by atoms with E-state index in [1.165, 1.54) is 26.7 Å². The maximum atomic E-state index is 7.13. The molecule has 0 spiro atoms.